The monoisotopic (exact) mass is 396 g/mol. The molecule has 0 radical (unpaired) electrons. The van der Waals surface area contributed by atoms with Crippen molar-refractivity contribution in [2.75, 3.05) is 26.8 Å². The Bertz CT molecular complexity index is 701. The zero-order valence-corrected chi connectivity index (χ0v) is 14.6. The lowest BCUT2D eigenvalue weighted by atomic mass is 10.3. The zero-order valence-electron chi connectivity index (χ0n) is 13.0. The first-order chi connectivity index (χ1) is 11.6. The average molecular weight is 397 g/mol. The van der Waals surface area contributed by atoms with Crippen LogP contribution in [0.3, 0.4) is 0 Å². The lowest BCUT2D eigenvalue weighted by Crippen LogP contribution is -2.36. The van der Waals surface area contributed by atoms with Crippen LogP contribution >= 0.6 is 15.9 Å². The summed E-state index contributed by atoms with van der Waals surface area (Å²) in [7, 11) is 1.53. The van der Waals surface area contributed by atoms with Crippen molar-refractivity contribution in [3.63, 3.8) is 0 Å². The minimum absolute atomic E-state index is 0.139. The van der Waals surface area contributed by atoms with Crippen LogP contribution in [0.4, 0.5) is 0 Å². The van der Waals surface area contributed by atoms with Crippen LogP contribution in [0.15, 0.2) is 45.5 Å². The van der Waals surface area contributed by atoms with Crippen molar-refractivity contribution in [1.29, 1.82) is 0 Å². The molecule has 1 heterocycles. The van der Waals surface area contributed by atoms with Crippen molar-refractivity contribution in [2.24, 2.45) is 0 Å². The fourth-order valence-corrected chi connectivity index (χ4v) is 2.14. The smallest absolute Gasteiger partial charge is 0.287 e. The van der Waals surface area contributed by atoms with Crippen LogP contribution in [-0.4, -0.2) is 38.6 Å². The van der Waals surface area contributed by atoms with Gasteiger partial charge in [-0.15, -0.1) is 0 Å². The van der Waals surface area contributed by atoms with Gasteiger partial charge in [0.2, 0.25) is 0 Å². The summed E-state index contributed by atoms with van der Waals surface area (Å²) in [5, 5.41) is 5.27. The van der Waals surface area contributed by atoms with Gasteiger partial charge < -0.3 is 24.5 Å². The standard InChI is InChI=1S/C16H17BrN2O5/c1-22-11-4-2-3-5-12(11)23-10-15(20)18-8-9-19-16(21)13-6-7-14(17)24-13/h2-7H,8-10H2,1H3,(H,18,20)(H,19,21). The van der Waals surface area contributed by atoms with Gasteiger partial charge in [0.1, 0.15) is 0 Å². The minimum atomic E-state index is -0.347. The second kappa shape index (κ2) is 8.97. The molecule has 0 aliphatic rings. The van der Waals surface area contributed by atoms with Crippen molar-refractivity contribution in [3.05, 3.63) is 46.8 Å². The zero-order chi connectivity index (χ0) is 17.4. The lowest BCUT2D eigenvalue weighted by molar-refractivity contribution is -0.123. The molecule has 2 amide bonds. The van der Waals surface area contributed by atoms with Crippen LogP contribution in [0, 0.1) is 0 Å². The van der Waals surface area contributed by atoms with E-state index in [0.29, 0.717) is 16.2 Å². The molecule has 0 fully saturated rings. The molecule has 0 saturated carbocycles. The summed E-state index contributed by atoms with van der Waals surface area (Å²) >= 11 is 3.12. The SMILES string of the molecule is COc1ccccc1OCC(=O)NCCNC(=O)c1ccc(Br)o1. The Labute approximate surface area is 147 Å². The van der Waals surface area contributed by atoms with Gasteiger partial charge in [0, 0.05) is 13.1 Å². The molecular weight excluding hydrogens is 380 g/mol. The highest BCUT2D eigenvalue weighted by molar-refractivity contribution is 9.10. The highest BCUT2D eigenvalue weighted by Crippen LogP contribution is 2.25. The van der Waals surface area contributed by atoms with Gasteiger partial charge in [0.15, 0.2) is 28.5 Å². The number of furan rings is 1. The molecule has 7 nitrogen and oxygen atoms in total. The fraction of sp³-hybridized carbons (Fsp3) is 0.250. The van der Waals surface area contributed by atoms with Crippen LogP contribution in [0.1, 0.15) is 10.6 Å². The summed E-state index contributed by atoms with van der Waals surface area (Å²) in [6.07, 6.45) is 0. The number of carbonyl (C=O) groups excluding carboxylic acids is 2. The van der Waals surface area contributed by atoms with E-state index in [9.17, 15) is 9.59 Å². The van der Waals surface area contributed by atoms with Gasteiger partial charge in [0.05, 0.1) is 7.11 Å². The van der Waals surface area contributed by atoms with Crippen LogP contribution in [0.2, 0.25) is 0 Å². The molecule has 1 aromatic heterocycles. The maximum Gasteiger partial charge on any atom is 0.287 e. The van der Waals surface area contributed by atoms with Gasteiger partial charge in [-0.1, -0.05) is 12.1 Å². The largest absolute Gasteiger partial charge is 0.493 e. The maximum absolute atomic E-state index is 11.7. The van der Waals surface area contributed by atoms with Gasteiger partial charge >= 0.3 is 0 Å². The molecule has 8 heteroatoms. The Hall–Kier alpha value is -2.48. The summed E-state index contributed by atoms with van der Waals surface area (Å²) in [4.78, 5) is 23.4. The van der Waals surface area contributed by atoms with Crippen molar-refractivity contribution in [2.45, 2.75) is 0 Å². The van der Waals surface area contributed by atoms with Crippen molar-refractivity contribution in [3.8, 4) is 11.5 Å². The molecule has 2 N–H and O–H groups in total. The van der Waals surface area contributed by atoms with E-state index in [4.69, 9.17) is 13.9 Å². The summed E-state index contributed by atoms with van der Waals surface area (Å²) in [6.45, 7) is 0.415. The number of rotatable bonds is 8. The van der Waals surface area contributed by atoms with E-state index in [2.05, 4.69) is 26.6 Å². The molecule has 0 saturated heterocycles. The topological polar surface area (TPSA) is 89.8 Å². The van der Waals surface area contributed by atoms with Crippen molar-refractivity contribution in [1.82, 2.24) is 10.6 Å². The summed E-state index contributed by atoms with van der Waals surface area (Å²) < 4.78 is 16.1. The highest BCUT2D eigenvalue weighted by atomic mass is 79.9. The van der Waals surface area contributed by atoms with Crippen LogP contribution in [0.5, 0.6) is 11.5 Å². The Morgan fingerprint density at radius 3 is 2.46 bits per heavy atom. The molecule has 0 unspecified atom stereocenters. The van der Waals surface area contributed by atoms with E-state index in [1.165, 1.54) is 7.11 Å². The van der Waals surface area contributed by atoms with Crippen molar-refractivity contribution >= 4 is 27.7 Å². The normalized spacial score (nSPS) is 10.1. The molecule has 2 aromatic rings. The molecule has 0 spiro atoms. The van der Waals surface area contributed by atoms with E-state index >= 15 is 0 Å². The van der Waals surface area contributed by atoms with Gasteiger partial charge in [-0.3, -0.25) is 9.59 Å². The summed E-state index contributed by atoms with van der Waals surface area (Å²) in [6, 6.07) is 10.2. The van der Waals surface area contributed by atoms with E-state index < -0.39 is 0 Å². The Morgan fingerprint density at radius 1 is 1.08 bits per heavy atom. The number of halogens is 1. The third kappa shape index (κ3) is 5.31. The molecule has 128 valence electrons. The molecule has 2 rings (SSSR count). The van der Waals surface area contributed by atoms with Gasteiger partial charge in [-0.25, -0.2) is 0 Å². The second-order valence-corrected chi connectivity index (χ2v) is 5.43. The first-order valence-corrected chi connectivity index (χ1v) is 7.95. The number of carbonyl (C=O) groups is 2. The van der Waals surface area contributed by atoms with Crippen molar-refractivity contribution < 1.29 is 23.5 Å². The Kier molecular flexibility index (Phi) is 6.68. The number of methoxy groups -OCH3 is 1. The van der Waals surface area contributed by atoms with E-state index in [0.717, 1.165) is 0 Å². The molecule has 0 aliphatic heterocycles. The highest BCUT2D eigenvalue weighted by Gasteiger charge is 2.10. The second-order valence-electron chi connectivity index (χ2n) is 4.65. The molecule has 1 aromatic carbocycles. The Balaban J connectivity index is 1.65. The fourth-order valence-electron chi connectivity index (χ4n) is 1.83. The first-order valence-electron chi connectivity index (χ1n) is 7.16. The number of hydrogen-bond acceptors (Lipinski definition) is 5. The predicted octanol–water partition coefficient (Wildman–Crippen LogP) is 1.98. The molecule has 0 bridgehead atoms. The Morgan fingerprint density at radius 2 is 1.79 bits per heavy atom. The maximum atomic E-state index is 11.7. The minimum Gasteiger partial charge on any atom is -0.493 e. The average Bonchev–Trinajstić information content (AvgIpc) is 3.03. The predicted molar refractivity (Wildman–Crippen MR) is 90.2 cm³/mol. The van der Waals surface area contributed by atoms with E-state index in [1.54, 1.807) is 30.3 Å². The van der Waals surface area contributed by atoms with Gasteiger partial charge in [-0.2, -0.15) is 0 Å². The molecule has 24 heavy (non-hydrogen) atoms. The summed E-state index contributed by atoms with van der Waals surface area (Å²) in [5.41, 5.74) is 0. The molecule has 0 aliphatic carbocycles. The molecule has 0 atom stereocenters. The van der Waals surface area contributed by atoms with Gasteiger partial charge in [-0.05, 0) is 40.2 Å². The van der Waals surface area contributed by atoms with Crippen LogP contribution < -0.4 is 20.1 Å². The quantitative estimate of drug-likeness (QED) is 0.665. The number of hydrogen-bond donors (Lipinski definition) is 2. The third-order valence-electron chi connectivity index (χ3n) is 2.96. The summed E-state index contributed by atoms with van der Waals surface area (Å²) in [5.74, 6) is 0.609. The number of ether oxygens (including phenoxy) is 2. The molecular formula is C16H17BrN2O5. The van der Waals surface area contributed by atoms with Crippen LogP contribution in [-0.2, 0) is 4.79 Å². The number of para-hydroxylation sites is 2. The number of benzene rings is 1. The number of amides is 2. The van der Waals surface area contributed by atoms with Crippen LogP contribution in [0.25, 0.3) is 0 Å². The van der Waals surface area contributed by atoms with E-state index in [1.807, 2.05) is 6.07 Å². The first kappa shape index (κ1) is 17.9. The lowest BCUT2D eigenvalue weighted by Gasteiger charge is -2.10. The van der Waals surface area contributed by atoms with E-state index in [-0.39, 0.29) is 37.3 Å². The number of nitrogens with one attached hydrogen (secondary N) is 2. The van der Waals surface area contributed by atoms with Gasteiger partial charge in [0.25, 0.3) is 11.8 Å². The third-order valence-corrected chi connectivity index (χ3v) is 3.38.